The Morgan fingerprint density at radius 2 is 1.84 bits per heavy atom. The van der Waals surface area contributed by atoms with Crippen LogP contribution >= 0.6 is 0 Å². The van der Waals surface area contributed by atoms with Crippen molar-refractivity contribution in [1.29, 1.82) is 0 Å². The van der Waals surface area contributed by atoms with Gasteiger partial charge in [0.25, 0.3) is 5.56 Å². The molecular weight excluding hydrogens is 402 g/mol. The molecule has 9 heteroatoms. The van der Waals surface area contributed by atoms with Gasteiger partial charge in [-0.2, -0.15) is 0 Å². The third-order valence-corrected chi connectivity index (χ3v) is 4.55. The van der Waals surface area contributed by atoms with Crippen LogP contribution in [0.2, 0.25) is 0 Å². The van der Waals surface area contributed by atoms with E-state index in [4.69, 9.17) is 16.8 Å². The van der Waals surface area contributed by atoms with E-state index in [0.29, 0.717) is 11.1 Å². The van der Waals surface area contributed by atoms with Gasteiger partial charge in [-0.25, -0.2) is 4.85 Å². The molecule has 160 valence electrons. The third-order valence-electron chi connectivity index (χ3n) is 4.55. The SMILES string of the molecule is [C-]#[N+]c1c(C)c(C=C=Cc2ccc(N(CC)CC(=O)O)cc2)c(=O)n(CC(=O)O)c1O. The second-order valence-electron chi connectivity index (χ2n) is 6.56. The first kappa shape index (κ1) is 23.0. The van der Waals surface area contributed by atoms with Crippen molar-refractivity contribution in [3.63, 3.8) is 0 Å². The molecule has 2 aromatic rings. The summed E-state index contributed by atoms with van der Waals surface area (Å²) in [6.45, 7) is 10.2. The predicted molar refractivity (Wildman–Crippen MR) is 115 cm³/mol. The highest BCUT2D eigenvalue weighted by Gasteiger charge is 2.19. The fourth-order valence-corrected chi connectivity index (χ4v) is 2.96. The number of carbonyl (C=O) groups is 2. The lowest BCUT2D eigenvalue weighted by atomic mass is 10.1. The van der Waals surface area contributed by atoms with Gasteiger partial charge >= 0.3 is 11.9 Å². The molecule has 0 aliphatic heterocycles. The van der Waals surface area contributed by atoms with Crippen molar-refractivity contribution in [2.24, 2.45) is 0 Å². The van der Waals surface area contributed by atoms with Gasteiger partial charge in [0.15, 0.2) is 5.88 Å². The number of rotatable bonds is 8. The number of aromatic hydroxyl groups is 1. The number of pyridine rings is 1. The van der Waals surface area contributed by atoms with E-state index in [-0.39, 0.29) is 23.4 Å². The maximum absolute atomic E-state index is 12.6. The Balaban J connectivity index is 2.41. The maximum Gasteiger partial charge on any atom is 0.323 e. The molecule has 0 unspecified atom stereocenters. The fourth-order valence-electron chi connectivity index (χ4n) is 2.96. The Labute approximate surface area is 178 Å². The van der Waals surface area contributed by atoms with Crippen LogP contribution < -0.4 is 10.5 Å². The molecule has 1 heterocycles. The Morgan fingerprint density at radius 1 is 1.19 bits per heavy atom. The lowest BCUT2D eigenvalue weighted by molar-refractivity contribution is -0.138. The molecule has 3 N–H and O–H groups in total. The van der Waals surface area contributed by atoms with E-state index in [2.05, 4.69) is 10.6 Å². The summed E-state index contributed by atoms with van der Waals surface area (Å²) in [6, 6.07) is 7.06. The molecule has 2 rings (SSSR count). The van der Waals surface area contributed by atoms with Gasteiger partial charge in [0.05, 0.1) is 6.57 Å². The summed E-state index contributed by atoms with van der Waals surface area (Å²) in [7, 11) is 0. The van der Waals surface area contributed by atoms with Crippen molar-refractivity contribution in [1.82, 2.24) is 4.57 Å². The summed E-state index contributed by atoms with van der Waals surface area (Å²) in [5.41, 5.74) is 3.66. The van der Waals surface area contributed by atoms with Gasteiger partial charge in [-0.15, -0.1) is 5.73 Å². The van der Waals surface area contributed by atoms with Crippen molar-refractivity contribution in [3.8, 4) is 5.88 Å². The first-order valence-corrected chi connectivity index (χ1v) is 9.24. The van der Waals surface area contributed by atoms with E-state index >= 15 is 0 Å². The number of carboxylic acid groups (broad SMARTS) is 2. The van der Waals surface area contributed by atoms with Crippen LogP contribution in [0.25, 0.3) is 17.0 Å². The quantitative estimate of drug-likeness (QED) is 0.440. The topological polar surface area (TPSA) is 124 Å². The summed E-state index contributed by atoms with van der Waals surface area (Å²) in [4.78, 5) is 39.4. The molecule has 0 saturated carbocycles. The molecule has 0 spiro atoms. The number of hydrogen-bond acceptors (Lipinski definition) is 5. The molecule has 0 atom stereocenters. The van der Waals surface area contributed by atoms with E-state index in [0.717, 1.165) is 11.3 Å². The maximum atomic E-state index is 12.6. The second kappa shape index (κ2) is 9.96. The minimum atomic E-state index is -1.33. The average Bonchev–Trinajstić information content (AvgIpc) is 2.72. The van der Waals surface area contributed by atoms with Crippen LogP contribution in [0.5, 0.6) is 5.88 Å². The molecular formula is C22H21N3O6. The number of aliphatic carboxylic acids is 2. The van der Waals surface area contributed by atoms with Crippen molar-refractivity contribution in [2.45, 2.75) is 20.4 Å². The number of anilines is 1. The number of likely N-dealkylation sites (N-methyl/N-ethyl adjacent to an activating group) is 1. The van der Waals surface area contributed by atoms with Crippen LogP contribution in [0.1, 0.15) is 23.6 Å². The van der Waals surface area contributed by atoms with E-state index in [9.17, 15) is 19.5 Å². The van der Waals surface area contributed by atoms with Gasteiger partial charge in [-0.1, -0.05) is 12.1 Å². The van der Waals surface area contributed by atoms with Gasteiger partial charge in [-0.05, 0) is 49.3 Å². The minimum absolute atomic E-state index is 0.0523. The van der Waals surface area contributed by atoms with Crippen LogP contribution in [0, 0.1) is 13.5 Å². The second-order valence-corrected chi connectivity index (χ2v) is 6.56. The molecule has 31 heavy (non-hydrogen) atoms. The average molecular weight is 423 g/mol. The normalized spacial score (nSPS) is 9.97. The third kappa shape index (κ3) is 5.41. The number of carboxylic acids is 2. The van der Waals surface area contributed by atoms with E-state index in [1.165, 1.54) is 13.0 Å². The van der Waals surface area contributed by atoms with Gasteiger partial charge in [0.1, 0.15) is 13.1 Å². The first-order valence-electron chi connectivity index (χ1n) is 9.24. The smallest absolute Gasteiger partial charge is 0.323 e. The van der Waals surface area contributed by atoms with Crippen LogP contribution in [0.15, 0.2) is 34.8 Å². The van der Waals surface area contributed by atoms with E-state index < -0.39 is 29.9 Å². The van der Waals surface area contributed by atoms with Crippen LogP contribution in [0.3, 0.4) is 0 Å². The lowest BCUT2D eigenvalue weighted by Crippen LogP contribution is -2.29. The number of aromatic nitrogens is 1. The standard InChI is InChI=1S/C22H21N3O6/c1-4-24(12-18(26)27)16-10-8-15(9-11-16)6-5-7-17-14(2)20(23-3)22(31)25(21(17)30)13-19(28)29/h6-11,31H,4,12-13H2,1-2H3,(H,26,27)(H,28,29). The Kier molecular flexibility index (Phi) is 7.39. The number of benzene rings is 1. The van der Waals surface area contributed by atoms with Crippen LogP contribution in [-0.4, -0.2) is 44.9 Å². The first-order chi connectivity index (χ1) is 14.7. The predicted octanol–water partition coefficient (Wildman–Crippen LogP) is 2.73. The zero-order valence-electron chi connectivity index (χ0n) is 17.0. The van der Waals surface area contributed by atoms with Crippen molar-refractivity contribution in [3.05, 3.63) is 68.5 Å². The van der Waals surface area contributed by atoms with Gasteiger partial charge in [0, 0.05) is 17.8 Å². The molecule has 0 fully saturated rings. The Hall–Kier alpha value is -4.28. The van der Waals surface area contributed by atoms with E-state index in [1.54, 1.807) is 35.2 Å². The highest BCUT2D eigenvalue weighted by atomic mass is 16.4. The summed E-state index contributed by atoms with van der Waals surface area (Å²) in [5, 5.41) is 28.0. The zero-order valence-corrected chi connectivity index (χ0v) is 17.0. The Bertz CT molecular complexity index is 1170. The number of nitrogens with zero attached hydrogens (tertiary/aromatic N) is 3. The van der Waals surface area contributed by atoms with Crippen molar-refractivity contribution in [2.75, 3.05) is 18.0 Å². The molecule has 9 nitrogen and oxygen atoms in total. The van der Waals surface area contributed by atoms with Crippen molar-refractivity contribution < 1.29 is 24.9 Å². The molecule has 0 aliphatic carbocycles. The van der Waals surface area contributed by atoms with Crippen LogP contribution in [0.4, 0.5) is 11.4 Å². The molecule has 0 amide bonds. The summed E-state index contributed by atoms with van der Waals surface area (Å²) in [5.74, 6) is -2.93. The van der Waals surface area contributed by atoms with Gasteiger partial charge < -0.3 is 20.2 Å². The monoisotopic (exact) mass is 423 g/mol. The molecule has 1 aromatic heterocycles. The van der Waals surface area contributed by atoms with E-state index in [1.807, 2.05) is 6.92 Å². The molecule has 0 radical (unpaired) electrons. The van der Waals surface area contributed by atoms with Gasteiger partial charge in [-0.3, -0.25) is 19.0 Å². The highest BCUT2D eigenvalue weighted by Crippen LogP contribution is 2.31. The molecule has 0 aliphatic rings. The Morgan fingerprint density at radius 3 is 2.35 bits per heavy atom. The molecule has 0 saturated heterocycles. The minimum Gasteiger partial charge on any atom is -0.503 e. The van der Waals surface area contributed by atoms with Crippen LogP contribution in [-0.2, 0) is 16.1 Å². The molecule has 0 bridgehead atoms. The van der Waals surface area contributed by atoms with Crippen molar-refractivity contribution >= 4 is 35.5 Å². The highest BCUT2D eigenvalue weighted by molar-refractivity contribution is 5.74. The zero-order chi connectivity index (χ0) is 23.1. The summed E-state index contributed by atoms with van der Waals surface area (Å²) in [6.07, 6.45) is 2.92. The lowest BCUT2D eigenvalue weighted by Gasteiger charge is -2.20. The number of hydrogen-bond donors (Lipinski definition) is 3. The summed E-state index contributed by atoms with van der Waals surface area (Å²) >= 11 is 0. The summed E-state index contributed by atoms with van der Waals surface area (Å²) < 4.78 is 0.632. The van der Waals surface area contributed by atoms with Gasteiger partial charge in [0.2, 0.25) is 5.69 Å². The molecule has 1 aromatic carbocycles. The largest absolute Gasteiger partial charge is 0.503 e. The fraction of sp³-hybridized carbons (Fsp3) is 0.227.